The smallest absolute Gasteiger partial charge is 0.225 e. The standard InChI is InChI=1S/C15H22FN3O2/c16-13-2-1-12(9-14(13)17)18-15(21)4-7-19-6-3-11(10-19)5-8-20/h1-2,9,11,20H,3-8,10,17H2,(H,18,21). The molecule has 0 radical (unpaired) electrons. The monoisotopic (exact) mass is 295 g/mol. The number of hydrogen-bond acceptors (Lipinski definition) is 4. The summed E-state index contributed by atoms with van der Waals surface area (Å²) in [5.74, 6) is -0.0541. The van der Waals surface area contributed by atoms with E-state index in [1.807, 2.05) is 0 Å². The minimum Gasteiger partial charge on any atom is -0.396 e. The third-order valence-corrected chi connectivity index (χ3v) is 3.84. The Labute approximate surface area is 123 Å². The van der Waals surface area contributed by atoms with Gasteiger partial charge in [0.15, 0.2) is 0 Å². The average molecular weight is 295 g/mol. The van der Waals surface area contributed by atoms with Gasteiger partial charge in [-0.2, -0.15) is 0 Å². The predicted molar refractivity (Wildman–Crippen MR) is 80.3 cm³/mol. The van der Waals surface area contributed by atoms with Crippen molar-refractivity contribution in [3.63, 3.8) is 0 Å². The Morgan fingerprint density at radius 1 is 1.52 bits per heavy atom. The molecule has 21 heavy (non-hydrogen) atoms. The number of nitrogens with zero attached hydrogens (tertiary/aromatic N) is 1. The van der Waals surface area contributed by atoms with Crippen molar-refractivity contribution in [3.8, 4) is 0 Å². The quantitative estimate of drug-likeness (QED) is 0.694. The van der Waals surface area contributed by atoms with Crippen molar-refractivity contribution in [2.24, 2.45) is 5.92 Å². The summed E-state index contributed by atoms with van der Waals surface area (Å²) < 4.78 is 13.0. The number of rotatable bonds is 6. The number of likely N-dealkylation sites (tertiary alicyclic amines) is 1. The summed E-state index contributed by atoms with van der Waals surface area (Å²) in [6.07, 6.45) is 2.30. The fourth-order valence-corrected chi connectivity index (χ4v) is 2.64. The average Bonchev–Trinajstić information content (AvgIpc) is 2.89. The molecule has 1 amide bonds. The van der Waals surface area contributed by atoms with Gasteiger partial charge in [0.05, 0.1) is 5.69 Å². The molecular formula is C15H22FN3O2. The Morgan fingerprint density at radius 2 is 2.33 bits per heavy atom. The molecule has 0 spiro atoms. The number of anilines is 2. The van der Waals surface area contributed by atoms with E-state index in [1.54, 1.807) is 0 Å². The lowest BCUT2D eigenvalue weighted by molar-refractivity contribution is -0.116. The Balaban J connectivity index is 1.74. The van der Waals surface area contributed by atoms with Gasteiger partial charge < -0.3 is 21.1 Å². The number of nitrogens with one attached hydrogen (secondary N) is 1. The number of aliphatic hydroxyl groups is 1. The summed E-state index contributed by atoms with van der Waals surface area (Å²) in [6.45, 7) is 2.84. The third kappa shape index (κ3) is 4.68. The summed E-state index contributed by atoms with van der Waals surface area (Å²) in [4.78, 5) is 14.1. The zero-order chi connectivity index (χ0) is 15.2. The first-order chi connectivity index (χ1) is 10.1. The van der Waals surface area contributed by atoms with E-state index in [0.29, 0.717) is 24.6 Å². The maximum atomic E-state index is 13.0. The van der Waals surface area contributed by atoms with Crippen LogP contribution < -0.4 is 11.1 Å². The van der Waals surface area contributed by atoms with Gasteiger partial charge in [-0.15, -0.1) is 0 Å². The Morgan fingerprint density at radius 3 is 3.05 bits per heavy atom. The molecule has 1 saturated heterocycles. The van der Waals surface area contributed by atoms with Crippen LogP contribution in [0.4, 0.5) is 15.8 Å². The van der Waals surface area contributed by atoms with Crippen molar-refractivity contribution >= 4 is 17.3 Å². The van der Waals surface area contributed by atoms with Gasteiger partial charge in [0.2, 0.25) is 5.91 Å². The number of benzene rings is 1. The highest BCUT2D eigenvalue weighted by atomic mass is 19.1. The number of nitrogen functional groups attached to an aromatic ring is 1. The molecule has 5 nitrogen and oxygen atoms in total. The van der Waals surface area contributed by atoms with Crippen LogP contribution in [-0.2, 0) is 4.79 Å². The maximum Gasteiger partial charge on any atom is 0.225 e. The van der Waals surface area contributed by atoms with Crippen LogP contribution in [0.2, 0.25) is 0 Å². The number of amides is 1. The third-order valence-electron chi connectivity index (χ3n) is 3.84. The molecular weight excluding hydrogens is 273 g/mol. The lowest BCUT2D eigenvalue weighted by Gasteiger charge is -2.15. The zero-order valence-corrected chi connectivity index (χ0v) is 12.0. The second kappa shape index (κ2) is 7.38. The molecule has 4 N–H and O–H groups in total. The van der Waals surface area contributed by atoms with E-state index in [2.05, 4.69) is 10.2 Å². The van der Waals surface area contributed by atoms with Gasteiger partial charge in [0, 0.05) is 31.8 Å². The van der Waals surface area contributed by atoms with E-state index in [1.165, 1.54) is 18.2 Å². The molecule has 1 unspecified atom stereocenters. The molecule has 1 aliphatic rings. The minimum absolute atomic E-state index is 0.0270. The molecule has 1 heterocycles. The van der Waals surface area contributed by atoms with Crippen LogP contribution in [0.1, 0.15) is 19.3 Å². The second-order valence-electron chi connectivity index (χ2n) is 5.50. The Bertz CT molecular complexity index is 496. The van der Waals surface area contributed by atoms with Crippen molar-refractivity contribution < 1.29 is 14.3 Å². The van der Waals surface area contributed by atoms with E-state index in [9.17, 15) is 9.18 Å². The van der Waals surface area contributed by atoms with Crippen molar-refractivity contribution in [1.29, 1.82) is 0 Å². The molecule has 1 aromatic rings. The van der Waals surface area contributed by atoms with Crippen LogP contribution >= 0.6 is 0 Å². The topological polar surface area (TPSA) is 78.6 Å². The van der Waals surface area contributed by atoms with Crippen molar-refractivity contribution in [2.45, 2.75) is 19.3 Å². The van der Waals surface area contributed by atoms with Gasteiger partial charge in [-0.05, 0) is 43.5 Å². The van der Waals surface area contributed by atoms with E-state index >= 15 is 0 Å². The van der Waals surface area contributed by atoms with Crippen molar-refractivity contribution in [1.82, 2.24) is 4.90 Å². The lowest BCUT2D eigenvalue weighted by atomic mass is 10.1. The molecule has 0 aromatic heterocycles. The van der Waals surface area contributed by atoms with E-state index in [-0.39, 0.29) is 18.2 Å². The second-order valence-corrected chi connectivity index (χ2v) is 5.50. The predicted octanol–water partition coefficient (Wildman–Crippen LogP) is 1.44. The molecule has 2 rings (SSSR count). The number of hydrogen-bond donors (Lipinski definition) is 3. The number of carbonyl (C=O) groups excluding carboxylic acids is 1. The van der Waals surface area contributed by atoms with Gasteiger partial charge >= 0.3 is 0 Å². The van der Waals surface area contributed by atoms with Crippen LogP contribution in [0.25, 0.3) is 0 Å². The number of nitrogens with two attached hydrogens (primary N) is 1. The van der Waals surface area contributed by atoms with E-state index < -0.39 is 5.82 Å². The van der Waals surface area contributed by atoms with E-state index in [0.717, 1.165) is 25.9 Å². The van der Waals surface area contributed by atoms with Gasteiger partial charge in [-0.25, -0.2) is 4.39 Å². The highest BCUT2D eigenvalue weighted by Gasteiger charge is 2.22. The molecule has 0 bridgehead atoms. The first-order valence-electron chi connectivity index (χ1n) is 7.26. The van der Waals surface area contributed by atoms with Crippen LogP contribution in [0.5, 0.6) is 0 Å². The van der Waals surface area contributed by atoms with Crippen LogP contribution in [0.15, 0.2) is 18.2 Å². The van der Waals surface area contributed by atoms with Crippen molar-refractivity contribution in [2.75, 3.05) is 37.3 Å². The summed E-state index contributed by atoms with van der Waals surface area (Å²) >= 11 is 0. The normalized spacial score (nSPS) is 18.9. The number of halogens is 1. The molecule has 1 fully saturated rings. The van der Waals surface area contributed by atoms with Gasteiger partial charge in [0.25, 0.3) is 0 Å². The van der Waals surface area contributed by atoms with E-state index in [4.69, 9.17) is 10.8 Å². The Hall–Kier alpha value is -1.66. The summed E-state index contributed by atoms with van der Waals surface area (Å²) in [5.41, 5.74) is 6.00. The highest BCUT2D eigenvalue weighted by molar-refractivity contribution is 5.91. The zero-order valence-electron chi connectivity index (χ0n) is 12.0. The van der Waals surface area contributed by atoms with Crippen LogP contribution in [0, 0.1) is 11.7 Å². The molecule has 0 saturated carbocycles. The Kier molecular flexibility index (Phi) is 5.52. The summed E-state index contributed by atoms with van der Waals surface area (Å²) in [5, 5.41) is 11.6. The minimum atomic E-state index is -0.486. The molecule has 1 aliphatic heterocycles. The molecule has 1 aromatic carbocycles. The number of carbonyl (C=O) groups is 1. The summed E-state index contributed by atoms with van der Waals surface area (Å²) in [7, 11) is 0. The lowest BCUT2D eigenvalue weighted by Crippen LogP contribution is -2.26. The van der Waals surface area contributed by atoms with Crippen LogP contribution in [-0.4, -0.2) is 42.2 Å². The molecule has 6 heteroatoms. The van der Waals surface area contributed by atoms with Gasteiger partial charge in [-0.3, -0.25) is 4.79 Å². The van der Waals surface area contributed by atoms with Crippen LogP contribution in [0.3, 0.4) is 0 Å². The fourth-order valence-electron chi connectivity index (χ4n) is 2.64. The highest BCUT2D eigenvalue weighted by Crippen LogP contribution is 2.19. The first-order valence-corrected chi connectivity index (χ1v) is 7.26. The van der Waals surface area contributed by atoms with Crippen molar-refractivity contribution in [3.05, 3.63) is 24.0 Å². The summed E-state index contributed by atoms with van der Waals surface area (Å²) in [6, 6.07) is 4.15. The SMILES string of the molecule is Nc1cc(NC(=O)CCN2CCC(CCO)C2)ccc1F. The van der Waals surface area contributed by atoms with Gasteiger partial charge in [-0.1, -0.05) is 0 Å². The largest absolute Gasteiger partial charge is 0.396 e. The number of aliphatic hydroxyl groups excluding tert-OH is 1. The first kappa shape index (κ1) is 15.7. The molecule has 1 atom stereocenters. The molecule has 0 aliphatic carbocycles. The van der Waals surface area contributed by atoms with Gasteiger partial charge in [0.1, 0.15) is 5.82 Å². The fraction of sp³-hybridized carbons (Fsp3) is 0.533. The molecule has 116 valence electrons. The maximum absolute atomic E-state index is 13.0.